The van der Waals surface area contributed by atoms with Crippen molar-refractivity contribution in [1.82, 2.24) is 15.1 Å². The van der Waals surface area contributed by atoms with E-state index in [0.29, 0.717) is 4.47 Å². The van der Waals surface area contributed by atoms with E-state index < -0.39 is 0 Å². The number of hydrogen-bond donors (Lipinski definition) is 0. The van der Waals surface area contributed by atoms with Gasteiger partial charge in [-0.1, -0.05) is 17.4 Å². The number of rotatable bonds is 4. The van der Waals surface area contributed by atoms with Crippen molar-refractivity contribution in [2.75, 3.05) is 7.05 Å². The maximum Gasteiger partial charge on any atom is 0.207 e. The maximum absolute atomic E-state index is 5.72. The Morgan fingerprint density at radius 3 is 2.87 bits per heavy atom. The predicted molar refractivity (Wildman–Crippen MR) is 64.4 cm³/mol. The van der Waals surface area contributed by atoms with Gasteiger partial charge in [0.05, 0.1) is 6.54 Å². The van der Waals surface area contributed by atoms with Gasteiger partial charge in [-0.25, -0.2) is 0 Å². The second-order valence-corrected chi connectivity index (χ2v) is 5.88. The second-order valence-electron chi connectivity index (χ2n) is 3.20. The zero-order valence-corrected chi connectivity index (χ0v) is 10.6. The number of hydrogen-bond acceptors (Lipinski definition) is 5. The topological polar surface area (TPSA) is 29.0 Å². The molecule has 0 atom stereocenters. The molecule has 0 unspecified atom stereocenters. The van der Waals surface area contributed by atoms with Crippen molar-refractivity contribution >= 4 is 34.3 Å². The van der Waals surface area contributed by atoms with Gasteiger partial charge in [0.15, 0.2) is 0 Å². The van der Waals surface area contributed by atoms with Crippen molar-refractivity contribution in [3.05, 3.63) is 31.9 Å². The van der Waals surface area contributed by atoms with Crippen molar-refractivity contribution in [3.8, 4) is 0 Å². The molecule has 0 N–H and O–H groups in total. The van der Waals surface area contributed by atoms with Crippen LogP contribution in [0.1, 0.15) is 9.88 Å². The van der Waals surface area contributed by atoms with E-state index in [1.807, 2.05) is 0 Å². The summed E-state index contributed by atoms with van der Waals surface area (Å²) in [5.41, 5.74) is 0. The molecule has 0 amide bonds. The molecule has 0 radical (unpaired) electrons. The SMILES string of the molecule is CN(Cc1cccs1)Cc1nnc(Cl)s1. The fraction of sp³-hybridized carbons (Fsp3) is 0.333. The minimum atomic E-state index is 0.509. The fourth-order valence-electron chi connectivity index (χ4n) is 1.25. The van der Waals surface area contributed by atoms with Gasteiger partial charge in [0.2, 0.25) is 4.47 Å². The summed E-state index contributed by atoms with van der Waals surface area (Å²) in [5, 5.41) is 10.8. The van der Waals surface area contributed by atoms with E-state index in [2.05, 4.69) is 39.7 Å². The zero-order chi connectivity index (χ0) is 10.7. The molecule has 0 bridgehead atoms. The van der Waals surface area contributed by atoms with Crippen LogP contribution in [0, 0.1) is 0 Å². The third kappa shape index (κ3) is 3.24. The van der Waals surface area contributed by atoms with Crippen LogP contribution in [0.5, 0.6) is 0 Å². The first-order valence-electron chi connectivity index (χ1n) is 4.43. The number of aromatic nitrogens is 2. The Kier molecular flexibility index (Phi) is 3.69. The molecule has 0 aliphatic heterocycles. The van der Waals surface area contributed by atoms with Crippen LogP contribution >= 0.6 is 34.3 Å². The summed E-state index contributed by atoms with van der Waals surface area (Å²) in [7, 11) is 2.06. The van der Waals surface area contributed by atoms with Crippen LogP contribution in [0.3, 0.4) is 0 Å². The Balaban J connectivity index is 1.90. The van der Waals surface area contributed by atoms with Crippen LogP contribution in [0.2, 0.25) is 4.47 Å². The molecule has 0 aliphatic carbocycles. The molecule has 6 heteroatoms. The average molecular weight is 260 g/mol. The quantitative estimate of drug-likeness (QED) is 0.846. The lowest BCUT2D eigenvalue weighted by Crippen LogP contribution is -2.16. The summed E-state index contributed by atoms with van der Waals surface area (Å²) in [5.74, 6) is 0. The third-order valence-electron chi connectivity index (χ3n) is 1.85. The highest BCUT2D eigenvalue weighted by molar-refractivity contribution is 7.15. The van der Waals surface area contributed by atoms with E-state index in [0.717, 1.165) is 18.1 Å². The monoisotopic (exact) mass is 259 g/mol. The Morgan fingerprint density at radius 2 is 2.27 bits per heavy atom. The van der Waals surface area contributed by atoms with Gasteiger partial charge in [-0.05, 0) is 30.1 Å². The Hall–Kier alpha value is -0.490. The molecular formula is C9H10ClN3S2. The highest BCUT2D eigenvalue weighted by atomic mass is 35.5. The van der Waals surface area contributed by atoms with Gasteiger partial charge in [-0.2, -0.15) is 0 Å². The molecule has 2 aromatic rings. The minimum Gasteiger partial charge on any atom is -0.295 e. The van der Waals surface area contributed by atoms with Gasteiger partial charge < -0.3 is 0 Å². The van der Waals surface area contributed by atoms with Gasteiger partial charge in [-0.15, -0.1) is 21.5 Å². The standard InChI is InChI=1S/C9H10ClN3S2/c1-13(5-7-3-2-4-14-7)6-8-11-12-9(10)15-8/h2-4H,5-6H2,1H3. The molecule has 0 fully saturated rings. The highest BCUT2D eigenvalue weighted by Crippen LogP contribution is 2.17. The van der Waals surface area contributed by atoms with Crippen LogP contribution in [-0.2, 0) is 13.1 Å². The van der Waals surface area contributed by atoms with E-state index in [1.165, 1.54) is 16.2 Å². The number of halogens is 1. The van der Waals surface area contributed by atoms with Gasteiger partial charge in [0.1, 0.15) is 5.01 Å². The Labute approximate surface area is 101 Å². The second kappa shape index (κ2) is 5.03. The summed E-state index contributed by atoms with van der Waals surface area (Å²) in [6.45, 7) is 1.73. The smallest absolute Gasteiger partial charge is 0.207 e. The molecule has 0 saturated heterocycles. The number of nitrogens with zero attached hydrogens (tertiary/aromatic N) is 3. The molecular weight excluding hydrogens is 250 g/mol. The van der Waals surface area contributed by atoms with Crippen LogP contribution in [-0.4, -0.2) is 22.1 Å². The average Bonchev–Trinajstić information content (AvgIpc) is 2.77. The highest BCUT2D eigenvalue weighted by Gasteiger charge is 2.06. The van der Waals surface area contributed by atoms with Gasteiger partial charge >= 0.3 is 0 Å². The molecule has 3 nitrogen and oxygen atoms in total. The van der Waals surface area contributed by atoms with E-state index in [9.17, 15) is 0 Å². The molecule has 0 spiro atoms. The van der Waals surface area contributed by atoms with Gasteiger partial charge in [0, 0.05) is 11.4 Å². The fourth-order valence-corrected chi connectivity index (χ4v) is 2.98. The van der Waals surface area contributed by atoms with E-state index >= 15 is 0 Å². The van der Waals surface area contributed by atoms with Gasteiger partial charge in [-0.3, -0.25) is 4.90 Å². The molecule has 0 aromatic carbocycles. The zero-order valence-electron chi connectivity index (χ0n) is 8.18. The van der Waals surface area contributed by atoms with Crippen molar-refractivity contribution in [2.24, 2.45) is 0 Å². The molecule has 0 aliphatic rings. The molecule has 2 heterocycles. The first-order chi connectivity index (χ1) is 7.24. The van der Waals surface area contributed by atoms with Crippen LogP contribution < -0.4 is 0 Å². The normalized spacial score (nSPS) is 11.1. The van der Waals surface area contributed by atoms with Gasteiger partial charge in [0.25, 0.3) is 0 Å². The first-order valence-corrected chi connectivity index (χ1v) is 6.50. The van der Waals surface area contributed by atoms with Crippen molar-refractivity contribution in [1.29, 1.82) is 0 Å². The lowest BCUT2D eigenvalue weighted by atomic mass is 10.4. The Morgan fingerprint density at radius 1 is 1.40 bits per heavy atom. The first kappa shape index (κ1) is 11.0. The molecule has 2 aromatic heterocycles. The van der Waals surface area contributed by atoms with Crippen molar-refractivity contribution in [2.45, 2.75) is 13.1 Å². The van der Waals surface area contributed by atoms with Crippen LogP contribution in [0.4, 0.5) is 0 Å². The third-order valence-corrected chi connectivity index (χ3v) is 3.72. The van der Waals surface area contributed by atoms with E-state index in [1.54, 1.807) is 11.3 Å². The summed E-state index contributed by atoms with van der Waals surface area (Å²) in [4.78, 5) is 3.55. The maximum atomic E-state index is 5.72. The largest absolute Gasteiger partial charge is 0.295 e. The van der Waals surface area contributed by atoms with E-state index in [-0.39, 0.29) is 0 Å². The summed E-state index contributed by atoms with van der Waals surface area (Å²) in [6.07, 6.45) is 0. The summed E-state index contributed by atoms with van der Waals surface area (Å²) >= 11 is 8.92. The number of thiophene rings is 1. The lowest BCUT2D eigenvalue weighted by Gasteiger charge is -2.12. The summed E-state index contributed by atoms with van der Waals surface area (Å²) < 4.78 is 0.509. The van der Waals surface area contributed by atoms with Crippen LogP contribution in [0.15, 0.2) is 17.5 Å². The predicted octanol–water partition coefficient (Wildman–Crippen LogP) is 2.89. The minimum absolute atomic E-state index is 0.509. The van der Waals surface area contributed by atoms with E-state index in [4.69, 9.17) is 11.6 Å². The molecule has 2 rings (SSSR count). The van der Waals surface area contributed by atoms with Crippen LogP contribution in [0.25, 0.3) is 0 Å². The molecule has 80 valence electrons. The summed E-state index contributed by atoms with van der Waals surface area (Å²) in [6, 6.07) is 4.20. The van der Waals surface area contributed by atoms with Crippen molar-refractivity contribution < 1.29 is 0 Å². The molecule has 0 saturated carbocycles. The van der Waals surface area contributed by atoms with Crippen molar-refractivity contribution in [3.63, 3.8) is 0 Å². The Bertz CT molecular complexity index is 413. The molecule has 15 heavy (non-hydrogen) atoms. The lowest BCUT2D eigenvalue weighted by molar-refractivity contribution is 0.320.